The summed E-state index contributed by atoms with van der Waals surface area (Å²) in [6.07, 6.45) is 1.12. The maximum Gasteiger partial charge on any atom is 0.266 e. The van der Waals surface area contributed by atoms with Gasteiger partial charge in [-0.25, -0.2) is 18.8 Å². The van der Waals surface area contributed by atoms with E-state index in [2.05, 4.69) is 23.0 Å². The number of benzene rings is 4. The minimum atomic E-state index is -3.74. The number of aliphatic hydroxyl groups excluding tert-OH is 1. The highest BCUT2D eigenvalue weighted by Crippen LogP contribution is 2.43. The Balaban J connectivity index is 1.43. The Labute approximate surface area is 270 Å². The number of nitrogens with one attached hydrogen (secondary N) is 2. The second kappa shape index (κ2) is 15.7. The molecule has 0 fully saturated rings. The van der Waals surface area contributed by atoms with E-state index >= 15 is 0 Å². The first-order valence-electron chi connectivity index (χ1n) is 15.4. The molecule has 0 aromatic heterocycles. The molecule has 0 spiro atoms. The first kappa shape index (κ1) is 32.9. The molecule has 3 N–H and O–H groups in total. The first-order valence-corrected chi connectivity index (χ1v) is 17.1. The van der Waals surface area contributed by atoms with Crippen LogP contribution in [0.4, 0.5) is 0 Å². The summed E-state index contributed by atoms with van der Waals surface area (Å²) < 4.78 is 39.0. The topological polar surface area (TPSA) is 126 Å². The van der Waals surface area contributed by atoms with Crippen LogP contribution in [0.25, 0.3) is 0 Å². The summed E-state index contributed by atoms with van der Waals surface area (Å²) >= 11 is 0. The van der Waals surface area contributed by atoms with E-state index in [1.807, 2.05) is 48.5 Å². The van der Waals surface area contributed by atoms with Crippen molar-refractivity contribution in [1.29, 1.82) is 0 Å². The monoisotopic (exact) mass is 641 g/mol. The van der Waals surface area contributed by atoms with Gasteiger partial charge < -0.3 is 14.6 Å². The summed E-state index contributed by atoms with van der Waals surface area (Å²) in [4.78, 5) is 19.3. The van der Waals surface area contributed by atoms with Gasteiger partial charge in [-0.05, 0) is 60.4 Å². The predicted octanol–water partition coefficient (Wildman–Crippen LogP) is 4.82. The van der Waals surface area contributed by atoms with Crippen LogP contribution in [0.2, 0.25) is 0 Å². The molecule has 46 heavy (non-hydrogen) atoms. The lowest BCUT2D eigenvalue weighted by molar-refractivity contribution is -0.130. The molecule has 0 aliphatic carbocycles. The highest BCUT2D eigenvalue weighted by Gasteiger charge is 2.53. The molecule has 240 valence electrons. The van der Waals surface area contributed by atoms with Gasteiger partial charge in [-0.3, -0.25) is 10.2 Å². The van der Waals surface area contributed by atoms with Crippen molar-refractivity contribution >= 4 is 21.6 Å². The van der Waals surface area contributed by atoms with Gasteiger partial charge in [0, 0.05) is 31.6 Å². The first-order chi connectivity index (χ1) is 22.4. The second-order valence-corrected chi connectivity index (χ2v) is 13.2. The Morgan fingerprint density at radius 2 is 1.52 bits per heavy atom. The van der Waals surface area contributed by atoms with Gasteiger partial charge in [-0.15, -0.1) is 0 Å². The average molecular weight is 642 g/mol. The van der Waals surface area contributed by atoms with Crippen molar-refractivity contribution in [3.63, 3.8) is 0 Å². The standard InChI is InChI=1S/C36H39N3O6S/c40-25-11-26-44-31-21-19-30(20-22-31)34-38-36(33(45-34)29-15-6-2-7-16-29,23-27-46(42,43)32-17-8-3-9-18-32)35(41)39-37-24-10-14-28-12-4-1-5-13-28/h1-9,12-13,15-22,33,37,40H,10-11,14,23-27H2,(H,39,41)/t33-,36-/m0/s1. The fourth-order valence-corrected chi connectivity index (χ4v) is 6.70. The van der Waals surface area contributed by atoms with Gasteiger partial charge in [0.15, 0.2) is 21.5 Å². The molecule has 0 saturated carbocycles. The molecule has 10 heteroatoms. The Kier molecular flexibility index (Phi) is 11.2. The third-order valence-electron chi connectivity index (χ3n) is 7.80. The van der Waals surface area contributed by atoms with Crippen molar-refractivity contribution in [2.75, 3.05) is 25.5 Å². The summed E-state index contributed by atoms with van der Waals surface area (Å²) in [7, 11) is -3.74. The van der Waals surface area contributed by atoms with E-state index in [4.69, 9.17) is 19.6 Å². The molecule has 0 bridgehead atoms. The SMILES string of the molecule is O=C(NNCCCc1ccccc1)[C@@]1(CCS(=O)(=O)c2ccccc2)N=C(c2ccc(OCCCO)cc2)O[C@H]1c1ccccc1. The Morgan fingerprint density at radius 1 is 0.870 bits per heavy atom. The summed E-state index contributed by atoms with van der Waals surface area (Å²) in [6.45, 7) is 0.917. The molecule has 4 aromatic rings. The summed E-state index contributed by atoms with van der Waals surface area (Å²) in [6, 6.07) is 34.7. The number of aliphatic hydroxyl groups is 1. The number of amides is 1. The van der Waals surface area contributed by atoms with Crippen LogP contribution in [0.5, 0.6) is 5.75 Å². The second-order valence-electron chi connectivity index (χ2n) is 11.1. The van der Waals surface area contributed by atoms with Crippen molar-refractivity contribution < 1.29 is 27.8 Å². The molecule has 1 heterocycles. The number of rotatable bonds is 16. The van der Waals surface area contributed by atoms with Crippen LogP contribution in [0.1, 0.15) is 42.1 Å². The summed E-state index contributed by atoms with van der Waals surface area (Å²) in [5.74, 6) is 0.0444. The number of carbonyl (C=O) groups is 1. The molecule has 0 unspecified atom stereocenters. The van der Waals surface area contributed by atoms with Crippen LogP contribution >= 0.6 is 0 Å². The Hall–Kier alpha value is -4.51. The lowest BCUT2D eigenvalue weighted by Gasteiger charge is -2.30. The molecule has 0 saturated heterocycles. The van der Waals surface area contributed by atoms with Crippen molar-refractivity contribution in [3.8, 4) is 5.75 Å². The van der Waals surface area contributed by atoms with Crippen molar-refractivity contribution in [3.05, 3.63) is 132 Å². The number of hydrogen-bond acceptors (Lipinski definition) is 8. The normalized spacial score (nSPS) is 17.6. The molecule has 2 atom stereocenters. The maximum absolute atomic E-state index is 14.2. The lowest BCUT2D eigenvalue weighted by Crippen LogP contribution is -2.53. The number of hydrazine groups is 1. The van der Waals surface area contributed by atoms with Crippen molar-refractivity contribution in [2.24, 2.45) is 4.99 Å². The molecule has 1 amide bonds. The van der Waals surface area contributed by atoms with E-state index in [9.17, 15) is 13.2 Å². The van der Waals surface area contributed by atoms with Crippen LogP contribution in [0, 0.1) is 0 Å². The number of ether oxygens (including phenoxy) is 2. The number of hydrogen-bond donors (Lipinski definition) is 3. The van der Waals surface area contributed by atoms with E-state index in [1.54, 1.807) is 54.6 Å². The smallest absolute Gasteiger partial charge is 0.266 e. The number of sulfone groups is 1. The van der Waals surface area contributed by atoms with Gasteiger partial charge in [-0.1, -0.05) is 78.9 Å². The minimum absolute atomic E-state index is 0.0373. The van der Waals surface area contributed by atoms with Crippen LogP contribution in [0.3, 0.4) is 0 Å². The Morgan fingerprint density at radius 3 is 2.20 bits per heavy atom. The molecular weight excluding hydrogens is 602 g/mol. The van der Waals surface area contributed by atoms with Crippen LogP contribution in [-0.4, -0.2) is 56.4 Å². The maximum atomic E-state index is 14.2. The van der Waals surface area contributed by atoms with E-state index in [1.165, 1.54) is 5.56 Å². The largest absolute Gasteiger partial charge is 0.494 e. The molecule has 9 nitrogen and oxygen atoms in total. The van der Waals surface area contributed by atoms with Gasteiger partial charge >= 0.3 is 0 Å². The zero-order valence-electron chi connectivity index (χ0n) is 25.5. The Bertz CT molecular complexity index is 1680. The van der Waals surface area contributed by atoms with E-state index in [0.29, 0.717) is 36.4 Å². The van der Waals surface area contributed by atoms with Crippen molar-refractivity contribution in [2.45, 2.75) is 42.2 Å². The molecular formula is C36H39N3O6S. The highest BCUT2D eigenvalue weighted by atomic mass is 32.2. The summed E-state index contributed by atoms with van der Waals surface area (Å²) in [5.41, 5.74) is 6.78. The molecule has 1 aliphatic rings. The van der Waals surface area contributed by atoms with E-state index in [-0.39, 0.29) is 29.6 Å². The zero-order chi connectivity index (χ0) is 32.2. The van der Waals surface area contributed by atoms with Crippen LogP contribution < -0.4 is 15.6 Å². The summed E-state index contributed by atoms with van der Waals surface area (Å²) in [5, 5.41) is 9.04. The third kappa shape index (κ3) is 8.20. The van der Waals surface area contributed by atoms with Crippen molar-refractivity contribution in [1.82, 2.24) is 10.9 Å². The molecule has 5 rings (SSSR count). The number of aliphatic imine (C=N–C) groups is 1. The minimum Gasteiger partial charge on any atom is -0.494 e. The fourth-order valence-electron chi connectivity index (χ4n) is 5.31. The van der Waals surface area contributed by atoms with Crippen LogP contribution in [-0.2, 0) is 25.8 Å². The fraction of sp³-hybridized carbons (Fsp3) is 0.278. The molecule has 4 aromatic carbocycles. The number of nitrogens with zero attached hydrogens (tertiary/aromatic N) is 1. The highest BCUT2D eigenvalue weighted by molar-refractivity contribution is 7.91. The van der Waals surface area contributed by atoms with E-state index in [0.717, 1.165) is 12.8 Å². The van der Waals surface area contributed by atoms with Gasteiger partial charge in [-0.2, -0.15) is 0 Å². The van der Waals surface area contributed by atoms with Gasteiger partial charge in [0.1, 0.15) is 5.75 Å². The quantitative estimate of drug-likeness (QED) is 0.118. The number of aryl methyl sites for hydroxylation is 1. The third-order valence-corrected chi connectivity index (χ3v) is 9.53. The predicted molar refractivity (Wildman–Crippen MR) is 177 cm³/mol. The van der Waals surface area contributed by atoms with Crippen LogP contribution in [0.15, 0.2) is 125 Å². The average Bonchev–Trinajstić information content (AvgIpc) is 3.50. The van der Waals surface area contributed by atoms with Gasteiger partial charge in [0.25, 0.3) is 5.91 Å². The van der Waals surface area contributed by atoms with Gasteiger partial charge in [0.2, 0.25) is 5.90 Å². The molecule has 0 radical (unpaired) electrons. The van der Waals surface area contributed by atoms with E-state index < -0.39 is 27.4 Å². The van der Waals surface area contributed by atoms with Gasteiger partial charge in [0.05, 0.1) is 17.3 Å². The number of carbonyl (C=O) groups excluding carboxylic acids is 1. The lowest BCUT2D eigenvalue weighted by atomic mass is 9.85. The zero-order valence-corrected chi connectivity index (χ0v) is 26.4. The molecule has 1 aliphatic heterocycles.